The highest BCUT2D eigenvalue weighted by Crippen LogP contribution is 2.17. The number of aromatic nitrogens is 1. The van der Waals surface area contributed by atoms with Crippen molar-refractivity contribution in [2.75, 3.05) is 19.8 Å². The molecule has 0 amide bonds. The average molecular weight is 230 g/mol. The predicted molar refractivity (Wildman–Crippen MR) is 64.6 cm³/mol. The fourth-order valence-corrected chi connectivity index (χ4v) is 1.79. The van der Waals surface area contributed by atoms with E-state index in [0.29, 0.717) is 18.8 Å². The first-order valence-electron chi connectivity index (χ1n) is 5.53. The normalized spacial score (nSPS) is 10.6. The molecule has 1 aromatic carbocycles. The van der Waals surface area contributed by atoms with Crippen molar-refractivity contribution in [3.63, 3.8) is 0 Å². The lowest BCUT2D eigenvalue weighted by atomic mass is 10.2. The van der Waals surface area contributed by atoms with E-state index in [4.69, 9.17) is 15.1 Å². The van der Waals surface area contributed by atoms with Gasteiger partial charge in [0.1, 0.15) is 0 Å². The molecule has 0 fully saturated rings. The lowest BCUT2D eigenvalue weighted by Gasteiger charge is -2.05. The zero-order chi connectivity index (χ0) is 12.1. The highest BCUT2D eigenvalue weighted by Gasteiger charge is 2.01. The van der Waals surface area contributed by atoms with Crippen LogP contribution in [0.1, 0.15) is 5.56 Å². The summed E-state index contributed by atoms with van der Waals surface area (Å²) in [6.07, 6.45) is 1.98. The van der Waals surface area contributed by atoms with Gasteiger partial charge in [-0.3, -0.25) is 0 Å². The molecule has 4 nitrogen and oxygen atoms in total. The summed E-state index contributed by atoms with van der Waals surface area (Å²) >= 11 is 0. The van der Waals surface area contributed by atoms with Crippen molar-refractivity contribution in [3.8, 4) is 6.07 Å². The van der Waals surface area contributed by atoms with Crippen LogP contribution in [0, 0.1) is 11.3 Å². The number of hydrogen-bond donors (Lipinski definition) is 1. The Morgan fingerprint density at radius 2 is 2.18 bits per heavy atom. The van der Waals surface area contributed by atoms with Crippen molar-refractivity contribution in [3.05, 3.63) is 36.0 Å². The predicted octanol–water partition coefficient (Wildman–Crippen LogP) is 1.52. The number of benzene rings is 1. The summed E-state index contributed by atoms with van der Waals surface area (Å²) in [5.74, 6) is 0. The first kappa shape index (κ1) is 11.6. The van der Waals surface area contributed by atoms with Gasteiger partial charge in [-0.2, -0.15) is 5.26 Å². The first-order valence-corrected chi connectivity index (χ1v) is 5.53. The van der Waals surface area contributed by atoms with Gasteiger partial charge in [-0.15, -0.1) is 0 Å². The second kappa shape index (κ2) is 5.48. The van der Waals surface area contributed by atoms with Gasteiger partial charge in [-0.1, -0.05) is 0 Å². The van der Waals surface area contributed by atoms with Crippen LogP contribution >= 0.6 is 0 Å². The number of fused-ring (bicyclic) bond motifs is 1. The van der Waals surface area contributed by atoms with Crippen molar-refractivity contribution < 1.29 is 9.84 Å². The van der Waals surface area contributed by atoms with Gasteiger partial charge in [0.15, 0.2) is 0 Å². The van der Waals surface area contributed by atoms with Crippen LogP contribution in [0.5, 0.6) is 0 Å². The van der Waals surface area contributed by atoms with E-state index in [9.17, 15) is 0 Å². The Bertz CT molecular complexity index is 540. The van der Waals surface area contributed by atoms with Crippen LogP contribution in [0.2, 0.25) is 0 Å². The molecule has 0 saturated carbocycles. The molecule has 88 valence electrons. The first-order chi connectivity index (χ1) is 8.35. The van der Waals surface area contributed by atoms with Gasteiger partial charge in [0.25, 0.3) is 0 Å². The van der Waals surface area contributed by atoms with E-state index in [1.54, 1.807) is 0 Å². The molecule has 4 heteroatoms. The molecule has 0 spiro atoms. The van der Waals surface area contributed by atoms with Crippen molar-refractivity contribution >= 4 is 10.9 Å². The second-order valence-corrected chi connectivity index (χ2v) is 3.73. The number of rotatable bonds is 5. The van der Waals surface area contributed by atoms with E-state index in [1.807, 2.05) is 30.5 Å². The summed E-state index contributed by atoms with van der Waals surface area (Å²) in [5.41, 5.74) is 1.77. The number of ether oxygens (including phenoxy) is 1. The topological polar surface area (TPSA) is 58.2 Å². The number of nitrogens with zero attached hydrogens (tertiary/aromatic N) is 2. The SMILES string of the molecule is N#Cc1ccc2c(ccn2CCOCCO)c1. The van der Waals surface area contributed by atoms with E-state index in [2.05, 4.69) is 10.6 Å². The third-order valence-electron chi connectivity index (χ3n) is 2.61. The summed E-state index contributed by atoms with van der Waals surface area (Å²) in [6.45, 7) is 1.75. The Labute approximate surface area is 99.7 Å². The van der Waals surface area contributed by atoms with Gasteiger partial charge in [-0.05, 0) is 24.3 Å². The molecule has 0 bridgehead atoms. The van der Waals surface area contributed by atoms with Crippen LogP contribution in [-0.2, 0) is 11.3 Å². The number of nitriles is 1. The number of aliphatic hydroxyl groups excluding tert-OH is 1. The number of aliphatic hydroxyl groups is 1. The maximum absolute atomic E-state index is 8.80. The van der Waals surface area contributed by atoms with E-state index >= 15 is 0 Å². The smallest absolute Gasteiger partial charge is 0.0991 e. The molecule has 2 aromatic rings. The second-order valence-electron chi connectivity index (χ2n) is 3.73. The monoisotopic (exact) mass is 230 g/mol. The van der Waals surface area contributed by atoms with Gasteiger partial charge in [0.2, 0.25) is 0 Å². The van der Waals surface area contributed by atoms with Gasteiger partial charge in [-0.25, -0.2) is 0 Å². The highest BCUT2D eigenvalue weighted by atomic mass is 16.5. The van der Waals surface area contributed by atoms with Gasteiger partial charge < -0.3 is 14.4 Å². The fraction of sp³-hybridized carbons (Fsp3) is 0.308. The van der Waals surface area contributed by atoms with E-state index < -0.39 is 0 Å². The van der Waals surface area contributed by atoms with Crippen LogP contribution < -0.4 is 0 Å². The Hall–Kier alpha value is -1.83. The molecule has 1 aromatic heterocycles. The van der Waals surface area contributed by atoms with Gasteiger partial charge >= 0.3 is 0 Å². The summed E-state index contributed by atoms with van der Waals surface area (Å²) in [7, 11) is 0. The molecule has 1 heterocycles. The highest BCUT2D eigenvalue weighted by molar-refractivity contribution is 5.81. The molecule has 0 aliphatic rings. The number of hydrogen-bond acceptors (Lipinski definition) is 3. The maximum atomic E-state index is 8.80. The van der Waals surface area contributed by atoms with Crippen LogP contribution in [0.3, 0.4) is 0 Å². The molecular formula is C13H14N2O2. The Balaban J connectivity index is 2.11. The van der Waals surface area contributed by atoms with E-state index in [-0.39, 0.29) is 6.61 Å². The third kappa shape index (κ3) is 2.64. The van der Waals surface area contributed by atoms with Crippen LogP contribution in [-0.4, -0.2) is 29.5 Å². The average Bonchev–Trinajstić information content (AvgIpc) is 2.77. The largest absolute Gasteiger partial charge is 0.394 e. The van der Waals surface area contributed by atoms with Crippen molar-refractivity contribution in [2.45, 2.75) is 6.54 Å². The summed E-state index contributed by atoms with van der Waals surface area (Å²) in [5, 5.41) is 18.5. The Kier molecular flexibility index (Phi) is 3.76. The van der Waals surface area contributed by atoms with Crippen LogP contribution in [0.15, 0.2) is 30.5 Å². The van der Waals surface area contributed by atoms with Crippen LogP contribution in [0.25, 0.3) is 10.9 Å². The Morgan fingerprint density at radius 3 is 2.94 bits per heavy atom. The maximum Gasteiger partial charge on any atom is 0.0991 e. The lowest BCUT2D eigenvalue weighted by molar-refractivity contribution is 0.0875. The van der Waals surface area contributed by atoms with Gasteiger partial charge in [0.05, 0.1) is 31.5 Å². The summed E-state index contributed by atoms with van der Waals surface area (Å²) < 4.78 is 7.30. The molecule has 0 atom stereocenters. The molecule has 0 saturated heterocycles. The standard InChI is InChI=1S/C13H14N2O2/c14-10-11-1-2-13-12(9-11)3-4-15(13)5-7-17-8-6-16/h1-4,9,16H,5-8H2. The zero-order valence-electron chi connectivity index (χ0n) is 9.47. The fourth-order valence-electron chi connectivity index (χ4n) is 1.79. The molecule has 2 rings (SSSR count). The summed E-state index contributed by atoms with van der Waals surface area (Å²) in [4.78, 5) is 0. The minimum atomic E-state index is 0.0535. The quantitative estimate of drug-likeness (QED) is 0.792. The Morgan fingerprint density at radius 1 is 1.29 bits per heavy atom. The molecule has 0 aliphatic carbocycles. The van der Waals surface area contributed by atoms with E-state index in [1.165, 1.54) is 0 Å². The summed E-state index contributed by atoms with van der Waals surface area (Å²) in [6, 6.07) is 9.75. The van der Waals surface area contributed by atoms with Crippen molar-refractivity contribution in [2.24, 2.45) is 0 Å². The van der Waals surface area contributed by atoms with Crippen molar-refractivity contribution in [1.29, 1.82) is 5.26 Å². The van der Waals surface area contributed by atoms with Crippen LogP contribution in [0.4, 0.5) is 0 Å². The zero-order valence-corrected chi connectivity index (χ0v) is 9.47. The molecule has 17 heavy (non-hydrogen) atoms. The molecule has 0 unspecified atom stereocenters. The lowest BCUT2D eigenvalue weighted by Crippen LogP contribution is -2.07. The molecule has 0 aliphatic heterocycles. The third-order valence-corrected chi connectivity index (χ3v) is 2.61. The molecule has 1 N–H and O–H groups in total. The minimum Gasteiger partial charge on any atom is -0.394 e. The minimum absolute atomic E-state index is 0.0535. The molecule has 0 radical (unpaired) electrons. The van der Waals surface area contributed by atoms with Gasteiger partial charge in [0, 0.05) is 23.6 Å². The van der Waals surface area contributed by atoms with E-state index in [0.717, 1.165) is 17.4 Å². The molecular weight excluding hydrogens is 216 g/mol. The van der Waals surface area contributed by atoms with Crippen molar-refractivity contribution in [1.82, 2.24) is 4.57 Å².